The minimum absolute atomic E-state index is 0.0906. The van der Waals surface area contributed by atoms with Gasteiger partial charge in [0.2, 0.25) is 10.0 Å². The quantitative estimate of drug-likeness (QED) is 0.174. The first-order valence-corrected chi connectivity index (χ1v) is 15.7. The third-order valence-electron chi connectivity index (χ3n) is 7.26. The highest BCUT2D eigenvalue weighted by Crippen LogP contribution is 2.32. The van der Waals surface area contributed by atoms with E-state index in [9.17, 15) is 13.5 Å². The molecule has 0 bridgehead atoms. The summed E-state index contributed by atoms with van der Waals surface area (Å²) in [6, 6.07) is 34.6. The van der Waals surface area contributed by atoms with Crippen molar-refractivity contribution in [2.24, 2.45) is 5.14 Å². The third kappa shape index (κ3) is 7.15. The monoisotopic (exact) mass is 580 g/mol. The summed E-state index contributed by atoms with van der Waals surface area (Å²) in [7, 11) is -3.77. The van der Waals surface area contributed by atoms with Crippen molar-refractivity contribution in [1.29, 1.82) is 0 Å². The van der Waals surface area contributed by atoms with Crippen LogP contribution in [0.25, 0.3) is 22.6 Å². The van der Waals surface area contributed by atoms with Gasteiger partial charge in [0.05, 0.1) is 16.3 Å². The van der Waals surface area contributed by atoms with Crippen molar-refractivity contribution >= 4 is 10.0 Å². The Bertz CT molecular complexity index is 1700. The Kier molecular flexibility index (Phi) is 9.17. The molecule has 0 aliphatic rings. The zero-order valence-corrected chi connectivity index (χ0v) is 24.5. The predicted octanol–water partition coefficient (Wildman–Crippen LogP) is 6.57. The normalized spacial score (nSPS) is 11.7. The molecule has 4 aromatic carbocycles. The maximum absolute atomic E-state index is 11.8. The van der Waals surface area contributed by atoms with Gasteiger partial charge in [0, 0.05) is 37.3 Å². The summed E-state index contributed by atoms with van der Waals surface area (Å²) in [6.07, 6.45) is 2.07. The first-order chi connectivity index (χ1) is 20.3. The van der Waals surface area contributed by atoms with E-state index >= 15 is 0 Å². The van der Waals surface area contributed by atoms with Gasteiger partial charge >= 0.3 is 0 Å². The topological polar surface area (TPSA) is 101 Å². The lowest BCUT2D eigenvalue weighted by Crippen LogP contribution is -2.24. The van der Waals surface area contributed by atoms with E-state index in [1.165, 1.54) is 0 Å². The Hall–Kier alpha value is -4.24. The van der Waals surface area contributed by atoms with Crippen LogP contribution in [0.3, 0.4) is 0 Å². The van der Waals surface area contributed by atoms with E-state index in [2.05, 4.69) is 40.7 Å². The van der Waals surface area contributed by atoms with Gasteiger partial charge in [0.15, 0.2) is 0 Å². The Morgan fingerprint density at radius 2 is 1.31 bits per heavy atom. The molecule has 5 rings (SSSR count). The van der Waals surface area contributed by atoms with Gasteiger partial charge in [-0.1, -0.05) is 98.3 Å². The number of aromatic hydroxyl groups is 1. The van der Waals surface area contributed by atoms with Crippen molar-refractivity contribution in [2.45, 2.75) is 50.8 Å². The fraction of sp³-hybridized carbons (Fsp3) is 0.206. The second-order valence-corrected chi connectivity index (χ2v) is 12.0. The highest BCUT2D eigenvalue weighted by molar-refractivity contribution is 7.89. The molecule has 5 aromatic rings. The number of primary sulfonamides is 1. The van der Waals surface area contributed by atoms with E-state index in [1.54, 1.807) is 24.3 Å². The minimum Gasteiger partial charge on any atom is -0.508 e. The van der Waals surface area contributed by atoms with Crippen molar-refractivity contribution in [3.63, 3.8) is 0 Å². The van der Waals surface area contributed by atoms with E-state index in [4.69, 9.17) is 10.1 Å². The lowest BCUT2D eigenvalue weighted by molar-refractivity contribution is 0.241. The molecule has 0 fully saturated rings. The SMILES string of the molecule is CCCCn1c(-c2ccccc2)nc(-c2ccccc2)c1CN(Cc1ccc(O)cc1)Cc1ccc(S(N)(=O)=O)cc1. The largest absolute Gasteiger partial charge is 0.508 e. The van der Waals surface area contributed by atoms with Gasteiger partial charge in [0.25, 0.3) is 0 Å². The van der Waals surface area contributed by atoms with Gasteiger partial charge in [-0.05, 0) is 41.8 Å². The van der Waals surface area contributed by atoms with Gasteiger partial charge in [0.1, 0.15) is 11.6 Å². The van der Waals surface area contributed by atoms with Crippen LogP contribution in [-0.4, -0.2) is 28.0 Å². The number of benzene rings is 4. The molecular weight excluding hydrogens is 544 g/mol. The molecule has 0 amide bonds. The number of aromatic nitrogens is 2. The number of phenols is 1. The third-order valence-corrected chi connectivity index (χ3v) is 8.19. The van der Waals surface area contributed by atoms with Crippen LogP contribution in [0.2, 0.25) is 0 Å². The molecule has 42 heavy (non-hydrogen) atoms. The Labute approximate surface area is 248 Å². The Morgan fingerprint density at radius 3 is 1.86 bits per heavy atom. The molecule has 1 heterocycles. The number of rotatable bonds is 12. The maximum atomic E-state index is 11.8. The summed E-state index contributed by atoms with van der Waals surface area (Å²) in [4.78, 5) is 7.65. The van der Waals surface area contributed by atoms with E-state index in [-0.39, 0.29) is 10.6 Å². The number of nitrogens with zero attached hydrogens (tertiary/aromatic N) is 3. The highest BCUT2D eigenvalue weighted by atomic mass is 32.2. The number of sulfonamides is 1. The molecule has 0 radical (unpaired) electrons. The fourth-order valence-electron chi connectivity index (χ4n) is 5.12. The van der Waals surface area contributed by atoms with Crippen LogP contribution in [0, 0.1) is 0 Å². The molecule has 0 atom stereocenters. The van der Waals surface area contributed by atoms with Crippen LogP contribution < -0.4 is 5.14 Å². The average molecular weight is 581 g/mol. The minimum atomic E-state index is -3.77. The first-order valence-electron chi connectivity index (χ1n) is 14.1. The van der Waals surface area contributed by atoms with Crippen molar-refractivity contribution in [2.75, 3.05) is 0 Å². The van der Waals surface area contributed by atoms with Gasteiger partial charge in [-0.25, -0.2) is 18.5 Å². The molecule has 0 saturated heterocycles. The van der Waals surface area contributed by atoms with Crippen molar-refractivity contribution in [3.05, 3.63) is 126 Å². The van der Waals surface area contributed by atoms with Gasteiger partial charge in [-0.3, -0.25) is 4.90 Å². The predicted molar refractivity (Wildman–Crippen MR) is 167 cm³/mol. The molecule has 0 unspecified atom stereocenters. The van der Waals surface area contributed by atoms with Gasteiger partial charge in [-0.15, -0.1) is 0 Å². The van der Waals surface area contributed by atoms with E-state index in [1.807, 2.05) is 60.7 Å². The lowest BCUT2D eigenvalue weighted by atomic mass is 10.1. The van der Waals surface area contributed by atoms with E-state index in [0.717, 1.165) is 58.9 Å². The summed E-state index contributed by atoms with van der Waals surface area (Å²) >= 11 is 0. The molecule has 1 aromatic heterocycles. The highest BCUT2D eigenvalue weighted by Gasteiger charge is 2.22. The lowest BCUT2D eigenvalue weighted by Gasteiger charge is -2.25. The van der Waals surface area contributed by atoms with Crippen LogP contribution in [0.1, 0.15) is 36.6 Å². The molecule has 0 aliphatic carbocycles. The summed E-state index contributed by atoms with van der Waals surface area (Å²) in [5, 5.41) is 15.2. The number of unbranched alkanes of at least 4 members (excludes halogenated alkanes) is 1. The maximum Gasteiger partial charge on any atom is 0.238 e. The second kappa shape index (κ2) is 13.2. The number of imidazole rings is 1. The van der Waals surface area contributed by atoms with E-state index in [0.29, 0.717) is 19.6 Å². The van der Waals surface area contributed by atoms with Crippen LogP contribution in [0.5, 0.6) is 5.75 Å². The molecule has 8 heteroatoms. The molecule has 0 saturated carbocycles. The average Bonchev–Trinajstić information content (AvgIpc) is 3.35. The zero-order chi connectivity index (χ0) is 29.5. The Morgan fingerprint density at radius 1 is 0.762 bits per heavy atom. The summed E-state index contributed by atoms with van der Waals surface area (Å²) in [5.74, 6) is 1.17. The van der Waals surface area contributed by atoms with Crippen LogP contribution in [0.15, 0.2) is 114 Å². The van der Waals surface area contributed by atoms with E-state index < -0.39 is 10.0 Å². The van der Waals surface area contributed by atoms with Gasteiger partial charge in [-0.2, -0.15) is 0 Å². The first kappa shape index (κ1) is 29.3. The summed E-state index contributed by atoms with van der Waals surface area (Å²) < 4.78 is 26.0. The molecule has 216 valence electrons. The summed E-state index contributed by atoms with van der Waals surface area (Å²) in [5.41, 5.74) is 6.21. The number of phenolic OH excluding ortho intramolecular Hbond substituents is 1. The van der Waals surface area contributed by atoms with Crippen LogP contribution >= 0.6 is 0 Å². The standard InChI is InChI=1S/C34H36N4O3S/c1-2-3-22-38-32(33(28-10-6-4-7-11-28)36-34(38)29-12-8-5-9-13-29)25-37(23-26-14-18-30(39)19-15-26)24-27-16-20-31(21-17-27)42(35,40)41/h4-21,39H,2-3,22-25H2,1H3,(H2,35,40,41). The molecule has 7 nitrogen and oxygen atoms in total. The molecule has 3 N–H and O–H groups in total. The molecule has 0 aliphatic heterocycles. The number of hydrogen-bond acceptors (Lipinski definition) is 5. The van der Waals surface area contributed by atoms with Crippen molar-refractivity contribution in [1.82, 2.24) is 14.5 Å². The van der Waals surface area contributed by atoms with Crippen LogP contribution in [-0.2, 0) is 36.2 Å². The van der Waals surface area contributed by atoms with Crippen molar-refractivity contribution < 1.29 is 13.5 Å². The smallest absolute Gasteiger partial charge is 0.238 e. The number of nitrogens with two attached hydrogens (primary N) is 1. The fourth-order valence-corrected chi connectivity index (χ4v) is 5.64. The summed E-state index contributed by atoms with van der Waals surface area (Å²) in [6.45, 7) is 4.82. The van der Waals surface area contributed by atoms with Crippen LogP contribution in [0.4, 0.5) is 0 Å². The zero-order valence-electron chi connectivity index (χ0n) is 23.7. The second-order valence-electron chi connectivity index (χ2n) is 10.5. The van der Waals surface area contributed by atoms with Gasteiger partial charge < -0.3 is 9.67 Å². The van der Waals surface area contributed by atoms with Crippen molar-refractivity contribution in [3.8, 4) is 28.4 Å². The molecule has 0 spiro atoms. The number of hydrogen-bond donors (Lipinski definition) is 2. The Balaban J connectivity index is 1.59. The molecular formula is C34H36N4O3S.